The average Bonchev–Trinajstić information content (AvgIpc) is 3.42. The molecule has 3 heterocycles. The van der Waals surface area contributed by atoms with Crippen LogP contribution in [0.2, 0.25) is 0 Å². The first-order valence-electron chi connectivity index (χ1n) is 9.09. The molecule has 1 aliphatic rings. The zero-order valence-electron chi connectivity index (χ0n) is 14.7. The van der Waals surface area contributed by atoms with Gasteiger partial charge < -0.3 is 8.83 Å². The Balaban J connectivity index is 1.23. The van der Waals surface area contributed by atoms with E-state index in [1.807, 2.05) is 30.3 Å². The molecule has 0 spiro atoms. The number of hydrogen-bond donors (Lipinski definition) is 0. The van der Waals surface area contributed by atoms with E-state index in [2.05, 4.69) is 45.4 Å². The van der Waals surface area contributed by atoms with Crippen molar-refractivity contribution in [2.45, 2.75) is 23.4 Å². The summed E-state index contributed by atoms with van der Waals surface area (Å²) in [6, 6.07) is 20.4. The Morgan fingerprint density at radius 2 is 1.85 bits per heavy atom. The molecule has 6 heteroatoms. The molecule has 0 radical (unpaired) electrons. The van der Waals surface area contributed by atoms with Crippen LogP contribution in [0.3, 0.4) is 0 Å². The Kier molecular flexibility index (Phi) is 4.43. The van der Waals surface area contributed by atoms with Crippen LogP contribution in [0.4, 0.5) is 0 Å². The Hall–Kier alpha value is -2.57. The Bertz CT molecular complexity index is 1010. The van der Waals surface area contributed by atoms with Crippen LogP contribution < -0.4 is 0 Å². The van der Waals surface area contributed by atoms with Gasteiger partial charge in [0.2, 0.25) is 0 Å². The van der Waals surface area contributed by atoms with Crippen LogP contribution in [0.1, 0.15) is 12.0 Å². The highest BCUT2D eigenvalue weighted by molar-refractivity contribution is 7.99. The second kappa shape index (κ2) is 7.21. The standard InChI is InChI=1S/C21H19N3O2S/c1-2-6-15(7-3-1)13-24-11-10-17(14-24)27-21-23-22-20(26-21)19-12-16-8-4-5-9-18(16)25-19/h1-9,12,17H,10-11,13-14H2/t17-/m0/s1. The summed E-state index contributed by atoms with van der Waals surface area (Å²) in [7, 11) is 0. The zero-order chi connectivity index (χ0) is 18.1. The number of hydrogen-bond acceptors (Lipinski definition) is 6. The van der Waals surface area contributed by atoms with Crippen molar-refractivity contribution in [2.75, 3.05) is 13.1 Å². The molecular weight excluding hydrogens is 358 g/mol. The van der Waals surface area contributed by atoms with Gasteiger partial charge >= 0.3 is 0 Å². The molecule has 27 heavy (non-hydrogen) atoms. The van der Waals surface area contributed by atoms with Crippen LogP contribution in [0.5, 0.6) is 0 Å². The van der Waals surface area contributed by atoms with Gasteiger partial charge in [0.25, 0.3) is 11.1 Å². The lowest BCUT2D eigenvalue weighted by Gasteiger charge is -2.15. The first-order chi connectivity index (χ1) is 13.3. The van der Waals surface area contributed by atoms with Crippen LogP contribution >= 0.6 is 11.8 Å². The third-order valence-electron chi connectivity index (χ3n) is 4.79. The molecule has 2 aromatic carbocycles. The number of nitrogens with zero attached hydrogens (tertiary/aromatic N) is 3. The van der Waals surface area contributed by atoms with Gasteiger partial charge in [-0.05, 0) is 30.7 Å². The normalized spacial score (nSPS) is 17.7. The second-order valence-corrected chi connectivity index (χ2v) is 8.02. The molecule has 4 aromatic rings. The number of fused-ring (bicyclic) bond motifs is 1. The second-order valence-electron chi connectivity index (χ2n) is 6.77. The lowest BCUT2D eigenvalue weighted by atomic mass is 10.2. The van der Waals surface area contributed by atoms with E-state index in [4.69, 9.17) is 8.83 Å². The van der Waals surface area contributed by atoms with Crippen LogP contribution in [-0.2, 0) is 6.54 Å². The van der Waals surface area contributed by atoms with Gasteiger partial charge in [0.05, 0.1) is 0 Å². The highest BCUT2D eigenvalue weighted by Gasteiger charge is 2.25. The first-order valence-corrected chi connectivity index (χ1v) is 9.97. The maximum atomic E-state index is 5.84. The fraction of sp³-hybridized carbons (Fsp3) is 0.238. The summed E-state index contributed by atoms with van der Waals surface area (Å²) in [5, 5.41) is 10.5. The molecule has 1 saturated heterocycles. The largest absolute Gasteiger partial charge is 0.451 e. The van der Waals surface area contributed by atoms with Crippen molar-refractivity contribution in [2.24, 2.45) is 0 Å². The Morgan fingerprint density at radius 1 is 1.00 bits per heavy atom. The number of benzene rings is 2. The minimum Gasteiger partial charge on any atom is -0.451 e. The minimum absolute atomic E-state index is 0.438. The van der Waals surface area contributed by atoms with Gasteiger partial charge in [0.1, 0.15) is 5.58 Å². The van der Waals surface area contributed by atoms with Crippen molar-refractivity contribution in [1.82, 2.24) is 15.1 Å². The van der Waals surface area contributed by atoms with Gasteiger partial charge in [0, 0.05) is 23.7 Å². The molecule has 136 valence electrons. The zero-order valence-corrected chi connectivity index (χ0v) is 15.6. The van der Waals surface area contributed by atoms with Gasteiger partial charge in [-0.1, -0.05) is 60.3 Å². The lowest BCUT2D eigenvalue weighted by molar-refractivity contribution is 0.332. The number of aromatic nitrogens is 2. The Labute approximate surface area is 161 Å². The number of furan rings is 1. The molecule has 0 bridgehead atoms. The predicted octanol–water partition coefficient (Wildman–Crippen LogP) is 4.85. The molecular formula is C21H19N3O2S. The van der Waals surface area contributed by atoms with Crippen molar-refractivity contribution in [3.63, 3.8) is 0 Å². The van der Waals surface area contributed by atoms with Gasteiger partial charge in [-0.25, -0.2) is 0 Å². The first kappa shape index (κ1) is 16.6. The number of thioether (sulfide) groups is 1. The molecule has 0 aliphatic carbocycles. The van der Waals surface area contributed by atoms with E-state index < -0.39 is 0 Å². The average molecular weight is 377 g/mol. The summed E-state index contributed by atoms with van der Waals surface area (Å²) >= 11 is 1.66. The molecule has 0 amide bonds. The number of para-hydroxylation sites is 1. The molecule has 1 aliphatic heterocycles. The van der Waals surface area contributed by atoms with Crippen LogP contribution in [0, 0.1) is 0 Å². The summed E-state index contributed by atoms with van der Waals surface area (Å²) in [5.74, 6) is 1.06. The number of likely N-dealkylation sites (tertiary alicyclic amines) is 1. The smallest absolute Gasteiger partial charge is 0.284 e. The van der Waals surface area contributed by atoms with E-state index >= 15 is 0 Å². The number of rotatable bonds is 5. The quantitative estimate of drug-likeness (QED) is 0.496. The van der Waals surface area contributed by atoms with Gasteiger partial charge in [0.15, 0.2) is 5.76 Å². The molecule has 0 N–H and O–H groups in total. The molecule has 1 fully saturated rings. The Morgan fingerprint density at radius 3 is 2.74 bits per heavy atom. The maximum Gasteiger partial charge on any atom is 0.284 e. The molecule has 0 saturated carbocycles. The van der Waals surface area contributed by atoms with E-state index in [0.29, 0.717) is 22.1 Å². The van der Waals surface area contributed by atoms with Crippen LogP contribution in [0.25, 0.3) is 22.6 Å². The third kappa shape index (κ3) is 3.63. The van der Waals surface area contributed by atoms with Crippen LogP contribution in [0.15, 0.2) is 74.7 Å². The van der Waals surface area contributed by atoms with Gasteiger partial charge in [-0.2, -0.15) is 0 Å². The fourth-order valence-electron chi connectivity index (χ4n) is 3.47. The highest BCUT2D eigenvalue weighted by Crippen LogP contribution is 2.33. The van der Waals surface area contributed by atoms with Crippen molar-refractivity contribution in [3.8, 4) is 11.7 Å². The fourth-order valence-corrected chi connectivity index (χ4v) is 4.47. The van der Waals surface area contributed by atoms with E-state index in [0.717, 1.165) is 37.0 Å². The lowest BCUT2D eigenvalue weighted by Crippen LogP contribution is -2.20. The van der Waals surface area contributed by atoms with Gasteiger partial charge in [-0.15, -0.1) is 10.2 Å². The molecule has 1 atom stereocenters. The van der Waals surface area contributed by atoms with E-state index in [9.17, 15) is 0 Å². The van der Waals surface area contributed by atoms with E-state index in [1.54, 1.807) is 11.8 Å². The van der Waals surface area contributed by atoms with Crippen LogP contribution in [-0.4, -0.2) is 33.4 Å². The monoisotopic (exact) mass is 377 g/mol. The minimum atomic E-state index is 0.438. The third-order valence-corrected chi connectivity index (χ3v) is 5.87. The summed E-state index contributed by atoms with van der Waals surface area (Å²) in [6.07, 6.45) is 1.12. The summed E-state index contributed by atoms with van der Waals surface area (Å²) in [6.45, 7) is 3.12. The predicted molar refractivity (Wildman–Crippen MR) is 105 cm³/mol. The topological polar surface area (TPSA) is 55.3 Å². The molecule has 5 rings (SSSR count). The summed E-state index contributed by atoms with van der Waals surface area (Å²) in [5.41, 5.74) is 2.18. The van der Waals surface area contributed by atoms with E-state index in [1.165, 1.54) is 5.56 Å². The van der Waals surface area contributed by atoms with Crippen molar-refractivity contribution in [3.05, 3.63) is 66.2 Å². The summed E-state index contributed by atoms with van der Waals surface area (Å²) in [4.78, 5) is 2.48. The van der Waals surface area contributed by atoms with Crippen molar-refractivity contribution < 1.29 is 8.83 Å². The van der Waals surface area contributed by atoms with Crippen molar-refractivity contribution in [1.29, 1.82) is 0 Å². The molecule has 5 nitrogen and oxygen atoms in total. The van der Waals surface area contributed by atoms with Gasteiger partial charge in [-0.3, -0.25) is 4.90 Å². The molecule has 0 unspecified atom stereocenters. The summed E-state index contributed by atoms with van der Waals surface area (Å²) < 4.78 is 11.7. The highest BCUT2D eigenvalue weighted by atomic mass is 32.2. The van der Waals surface area contributed by atoms with E-state index in [-0.39, 0.29) is 0 Å². The molecule has 2 aromatic heterocycles. The van der Waals surface area contributed by atoms with Crippen molar-refractivity contribution >= 4 is 22.7 Å². The maximum absolute atomic E-state index is 5.84. The SMILES string of the molecule is c1ccc(CN2CC[C@H](Sc3nnc(-c4cc5ccccc5o4)o3)C2)cc1.